The molecule has 0 radical (unpaired) electrons. The van der Waals surface area contributed by atoms with Gasteiger partial charge in [-0.2, -0.15) is 13.2 Å². The van der Waals surface area contributed by atoms with E-state index in [0.29, 0.717) is 0 Å². The van der Waals surface area contributed by atoms with E-state index in [2.05, 4.69) is 4.98 Å². The predicted molar refractivity (Wildman–Crippen MR) is 51.5 cm³/mol. The predicted octanol–water partition coefficient (Wildman–Crippen LogP) is 2.72. The van der Waals surface area contributed by atoms with Gasteiger partial charge >= 0.3 is 6.18 Å². The van der Waals surface area contributed by atoms with Gasteiger partial charge < -0.3 is 5.11 Å². The minimum absolute atomic E-state index is 0.0854. The third-order valence-electron chi connectivity index (χ3n) is 3.04. The van der Waals surface area contributed by atoms with Crippen molar-refractivity contribution in [2.45, 2.75) is 31.5 Å². The van der Waals surface area contributed by atoms with Crippen molar-refractivity contribution >= 4 is 0 Å². The second-order valence-electron chi connectivity index (χ2n) is 4.34. The molecule has 1 heterocycles. The summed E-state index contributed by atoms with van der Waals surface area (Å²) in [7, 11) is 0. The van der Waals surface area contributed by atoms with Gasteiger partial charge in [0.15, 0.2) is 0 Å². The van der Waals surface area contributed by atoms with Gasteiger partial charge in [0.2, 0.25) is 0 Å². The molecule has 1 aromatic rings. The van der Waals surface area contributed by atoms with Gasteiger partial charge in [-0.15, -0.1) is 0 Å². The SMILES string of the molecule is CC(O)(c1cnccc1C(F)(F)F)C1CC1. The van der Waals surface area contributed by atoms with Crippen LogP contribution in [0.3, 0.4) is 0 Å². The Morgan fingerprint density at radius 1 is 1.31 bits per heavy atom. The number of alkyl halides is 3. The number of hydrogen-bond donors (Lipinski definition) is 1. The van der Waals surface area contributed by atoms with Gasteiger partial charge in [0.05, 0.1) is 11.2 Å². The summed E-state index contributed by atoms with van der Waals surface area (Å²) >= 11 is 0. The largest absolute Gasteiger partial charge is 0.416 e. The van der Waals surface area contributed by atoms with Crippen LogP contribution in [0.15, 0.2) is 18.5 Å². The Hall–Kier alpha value is -1.10. The first-order valence-corrected chi connectivity index (χ1v) is 5.07. The molecule has 0 aromatic carbocycles. The fourth-order valence-corrected chi connectivity index (χ4v) is 1.91. The van der Waals surface area contributed by atoms with Crippen molar-refractivity contribution in [1.82, 2.24) is 4.98 Å². The Bertz CT molecular complexity index is 396. The molecular weight excluding hydrogens is 219 g/mol. The van der Waals surface area contributed by atoms with Crippen molar-refractivity contribution in [3.8, 4) is 0 Å². The molecule has 1 aromatic heterocycles. The Morgan fingerprint density at radius 2 is 1.94 bits per heavy atom. The lowest BCUT2D eigenvalue weighted by Crippen LogP contribution is -2.28. The first-order valence-electron chi connectivity index (χ1n) is 5.07. The molecule has 0 amide bonds. The summed E-state index contributed by atoms with van der Waals surface area (Å²) in [6, 6.07) is 0.909. The summed E-state index contributed by atoms with van der Waals surface area (Å²) in [5, 5.41) is 10.1. The molecule has 2 rings (SSSR count). The van der Waals surface area contributed by atoms with Crippen molar-refractivity contribution < 1.29 is 18.3 Å². The van der Waals surface area contributed by atoms with Gasteiger partial charge in [-0.25, -0.2) is 0 Å². The Morgan fingerprint density at radius 3 is 2.44 bits per heavy atom. The van der Waals surface area contributed by atoms with E-state index >= 15 is 0 Å². The topological polar surface area (TPSA) is 33.1 Å². The molecule has 5 heteroatoms. The second kappa shape index (κ2) is 3.45. The highest BCUT2D eigenvalue weighted by molar-refractivity contribution is 5.32. The van der Waals surface area contributed by atoms with Crippen molar-refractivity contribution in [1.29, 1.82) is 0 Å². The fourth-order valence-electron chi connectivity index (χ4n) is 1.91. The van der Waals surface area contributed by atoms with Crippen LogP contribution < -0.4 is 0 Å². The van der Waals surface area contributed by atoms with Crippen LogP contribution in [0.4, 0.5) is 13.2 Å². The highest BCUT2D eigenvalue weighted by Gasteiger charge is 2.46. The highest BCUT2D eigenvalue weighted by Crippen LogP contribution is 2.48. The maximum atomic E-state index is 12.7. The minimum atomic E-state index is -4.45. The standard InChI is InChI=1S/C11H12F3NO/c1-10(16,7-2-3-7)9-6-15-5-4-8(9)11(12,13)14/h4-7,16H,2-3H2,1H3. The smallest absolute Gasteiger partial charge is 0.385 e. The van der Waals surface area contributed by atoms with Crippen LogP contribution in [0.25, 0.3) is 0 Å². The van der Waals surface area contributed by atoms with E-state index in [1.807, 2.05) is 0 Å². The molecule has 1 N–H and O–H groups in total. The van der Waals surface area contributed by atoms with Crippen molar-refractivity contribution in [3.05, 3.63) is 29.6 Å². The third kappa shape index (κ3) is 1.91. The number of rotatable bonds is 2. The Labute approximate surface area is 91.1 Å². The zero-order valence-electron chi connectivity index (χ0n) is 8.75. The number of halogens is 3. The Kier molecular flexibility index (Phi) is 2.45. The molecule has 0 saturated heterocycles. The van der Waals surface area contributed by atoms with Crippen LogP contribution in [-0.4, -0.2) is 10.1 Å². The van der Waals surface area contributed by atoms with Crippen LogP contribution in [0.5, 0.6) is 0 Å². The van der Waals surface area contributed by atoms with Crippen LogP contribution in [0, 0.1) is 5.92 Å². The molecule has 0 bridgehead atoms. The molecule has 2 nitrogen and oxygen atoms in total. The molecule has 1 unspecified atom stereocenters. The molecule has 1 aliphatic carbocycles. The first kappa shape index (κ1) is 11.4. The minimum Gasteiger partial charge on any atom is -0.385 e. The van der Waals surface area contributed by atoms with Gasteiger partial charge in [0, 0.05) is 18.0 Å². The molecule has 1 atom stereocenters. The summed E-state index contributed by atoms with van der Waals surface area (Å²) in [6.45, 7) is 1.43. The summed E-state index contributed by atoms with van der Waals surface area (Å²) in [5.74, 6) is -0.0854. The number of nitrogens with zero attached hydrogens (tertiary/aromatic N) is 1. The Balaban J connectivity index is 2.48. The van der Waals surface area contributed by atoms with Gasteiger partial charge in [-0.05, 0) is 31.7 Å². The monoisotopic (exact) mass is 231 g/mol. The highest BCUT2D eigenvalue weighted by atomic mass is 19.4. The summed E-state index contributed by atoms with van der Waals surface area (Å²) < 4.78 is 38.2. The summed E-state index contributed by atoms with van der Waals surface area (Å²) in [5.41, 5.74) is -2.34. The average Bonchev–Trinajstić information content (AvgIpc) is 2.99. The zero-order chi connectivity index (χ0) is 12.0. The summed E-state index contributed by atoms with van der Waals surface area (Å²) in [4.78, 5) is 3.68. The van der Waals surface area contributed by atoms with Crippen LogP contribution >= 0.6 is 0 Å². The van der Waals surface area contributed by atoms with E-state index in [0.717, 1.165) is 31.3 Å². The lowest BCUT2D eigenvalue weighted by atomic mass is 9.88. The van der Waals surface area contributed by atoms with E-state index in [-0.39, 0.29) is 11.5 Å². The van der Waals surface area contributed by atoms with E-state index < -0.39 is 17.3 Å². The normalized spacial score (nSPS) is 20.6. The third-order valence-corrected chi connectivity index (χ3v) is 3.04. The van der Waals surface area contributed by atoms with Crippen LogP contribution in [0.1, 0.15) is 30.9 Å². The zero-order valence-corrected chi connectivity index (χ0v) is 8.75. The van der Waals surface area contributed by atoms with Crippen LogP contribution in [-0.2, 0) is 11.8 Å². The maximum Gasteiger partial charge on any atom is 0.416 e. The van der Waals surface area contributed by atoms with Gasteiger partial charge in [0.25, 0.3) is 0 Å². The summed E-state index contributed by atoms with van der Waals surface area (Å²) in [6.07, 6.45) is -0.716. The van der Waals surface area contributed by atoms with Crippen molar-refractivity contribution in [2.24, 2.45) is 5.92 Å². The van der Waals surface area contributed by atoms with Gasteiger partial charge in [0.1, 0.15) is 0 Å². The number of hydrogen-bond acceptors (Lipinski definition) is 2. The van der Waals surface area contributed by atoms with Gasteiger partial charge in [-0.3, -0.25) is 4.98 Å². The van der Waals surface area contributed by atoms with E-state index in [1.54, 1.807) is 0 Å². The van der Waals surface area contributed by atoms with Crippen molar-refractivity contribution in [3.63, 3.8) is 0 Å². The lowest BCUT2D eigenvalue weighted by Gasteiger charge is -2.26. The molecule has 1 fully saturated rings. The van der Waals surface area contributed by atoms with Crippen molar-refractivity contribution in [2.75, 3.05) is 0 Å². The molecule has 0 spiro atoms. The number of aromatic nitrogens is 1. The maximum absolute atomic E-state index is 12.7. The average molecular weight is 231 g/mol. The fraction of sp³-hybridized carbons (Fsp3) is 0.545. The first-order chi connectivity index (χ1) is 7.33. The van der Waals surface area contributed by atoms with Crippen LogP contribution in [0.2, 0.25) is 0 Å². The number of pyridine rings is 1. The molecule has 1 saturated carbocycles. The molecule has 16 heavy (non-hydrogen) atoms. The van der Waals surface area contributed by atoms with E-state index in [9.17, 15) is 18.3 Å². The quantitative estimate of drug-likeness (QED) is 0.848. The second-order valence-corrected chi connectivity index (χ2v) is 4.34. The molecular formula is C11H12F3NO. The molecule has 0 aliphatic heterocycles. The van der Waals surface area contributed by atoms with Gasteiger partial charge in [-0.1, -0.05) is 0 Å². The molecule has 1 aliphatic rings. The molecule has 88 valence electrons. The van der Waals surface area contributed by atoms with E-state index in [1.165, 1.54) is 6.92 Å². The lowest BCUT2D eigenvalue weighted by molar-refractivity contribution is -0.141. The van der Waals surface area contributed by atoms with E-state index in [4.69, 9.17) is 0 Å². The number of aliphatic hydroxyl groups is 1.